The first-order valence-electron chi connectivity index (χ1n) is 5.71. The van der Waals surface area contributed by atoms with E-state index in [4.69, 9.17) is 9.84 Å². The van der Waals surface area contributed by atoms with Gasteiger partial charge >= 0.3 is 0 Å². The summed E-state index contributed by atoms with van der Waals surface area (Å²) in [4.78, 5) is 4.09. The van der Waals surface area contributed by atoms with E-state index in [0.717, 1.165) is 0 Å². The van der Waals surface area contributed by atoms with Crippen molar-refractivity contribution in [2.45, 2.75) is 6.61 Å². The van der Waals surface area contributed by atoms with Crippen molar-refractivity contribution in [1.29, 1.82) is 0 Å². The fourth-order valence-corrected chi connectivity index (χ4v) is 1.47. The first kappa shape index (κ1) is 13.1. The molecule has 1 N–H and O–H groups in total. The summed E-state index contributed by atoms with van der Waals surface area (Å²) in [7, 11) is 0. The van der Waals surface area contributed by atoms with E-state index in [1.165, 1.54) is 18.2 Å². The standard InChI is InChI=1S/C15H12FNO2/c16-14-7-6-12(4-3-9-18)10-15(14)19-11-13-5-1-2-8-17-13/h1-2,5-8,10,18H,9,11H2. The molecule has 0 amide bonds. The molecule has 0 fully saturated rings. The number of rotatable bonds is 3. The molecule has 3 nitrogen and oxygen atoms in total. The van der Waals surface area contributed by atoms with Crippen LogP contribution in [0.25, 0.3) is 0 Å². The minimum absolute atomic E-state index is 0.121. The lowest BCUT2D eigenvalue weighted by Gasteiger charge is -2.07. The van der Waals surface area contributed by atoms with Crippen LogP contribution in [0, 0.1) is 17.7 Å². The van der Waals surface area contributed by atoms with E-state index in [1.54, 1.807) is 18.3 Å². The van der Waals surface area contributed by atoms with Crippen molar-refractivity contribution in [3.63, 3.8) is 0 Å². The number of aliphatic hydroxyl groups is 1. The molecule has 0 bridgehead atoms. The van der Waals surface area contributed by atoms with Crippen LogP contribution in [0.5, 0.6) is 5.75 Å². The average molecular weight is 257 g/mol. The highest BCUT2D eigenvalue weighted by atomic mass is 19.1. The van der Waals surface area contributed by atoms with Crippen molar-refractivity contribution < 1.29 is 14.2 Å². The second-order valence-electron chi connectivity index (χ2n) is 3.71. The van der Waals surface area contributed by atoms with Gasteiger partial charge in [-0.05, 0) is 30.3 Å². The zero-order valence-corrected chi connectivity index (χ0v) is 10.1. The Morgan fingerprint density at radius 1 is 1.26 bits per heavy atom. The third-order valence-corrected chi connectivity index (χ3v) is 2.34. The quantitative estimate of drug-likeness (QED) is 0.857. The number of aliphatic hydroxyl groups excluding tert-OH is 1. The molecule has 2 aromatic rings. The largest absolute Gasteiger partial charge is 0.484 e. The molecule has 4 heteroatoms. The zero-order chi connectivity index (χ0) is 13.5. The van der Waals surface area contributed by atoms with Gasteiger partial charge in [-0.15, -0.1) is 0 Å². The van der Waals surface area contributed by atoms with Crippen molar-refractivity contribution in [3.05, 3.63) is 59.7 Å². The third kappa shape index (κ3) is 3.80. The number of hydrogen-bond donors (Lipinski definition) is 1. The lowest BCUT2D eigenvalue weighted by atomic mass is 10.2. The normalized spacial score (nSPS) is 9.58. The summed E-state index contributed by atoms with van der Waals surface area (Å²) in [5.74, 6) is 4.87. The fourth-order valence-electron chi connectivity index (χ4n) is 1.47. The maximum Gasteiger partial charge on any atom is 0.165 e. The van der Waals surface area contributed by atoms with Gasteiger partial charge in [-0.1, -0.05) is 17.9 Å². The van der Waals surface area contributed by atoms with Crippen LogP contribution < -0.4 is 4.74 Å². The van der Waals surface area contributed by atoms with E-state index in [1.807, 2.05) is 6.07 Å². The SMILES string of the molecule is OCC#Cc1ccc(F)c(OCc2ccccn2)c1. The van der Waals surface area contributed by atoms with Crippen LogP contribution in [0.2, 0.25) is 0 Å². The molecule has 0 radical (unpaired) electrons. The molecule has 0 unspecified atom stereocenters. The van der Waals surface area contributed by atoms with Gasteiger partial charge in [0, 0.05) is 11.8 Å². The molecule has 1 heterocycles. The molecule has 96 valence electrons. The highest BCUT2D eigenvalue weighted by Crippen LogP contribution is 2.19. The Balaban J connectivity index is 2.11. The maximum atomic E-state index is 13.6. The highest BCUT2D eigenvalue weighted by Gasteiger charge is 2.04. The molecule has 1 aromatic heterocycles. The third-order valence-electron chi connectivity index (χ3n) is 2.34. The molecule has 0 aliphatic carbocycles. The lowest BCUT2D eigenvalue weighted by molar-refractivity contribution is 0.286. The monoisotopic (exact) mass is 257 g/mol. The fraction of sp³-hybridized carbons (Fsp3) is 0.133. The smallest absolute Gasteiger partial charge is 0.165 e. The Morgan fingerprint density at radius 2 is 2.16 bits per heavy atom. The Labute approximate surface area is 110 Å². The van der Waals surface area contributed by atoms with Crippen LogP contribution in [-0.2, 0) is 6.61 Å². The van der Waals surface area contributed by atoms with Gasteiger partial charge in [0.05, 0.1) is 5.69 Å². The minimum atomic E-state index is -0.453. The van der Waals surface area contributed by atoms with Crippen LogP contribution >= 0.6 is 0 Å². The molecular weight excluding hydrogens is 245 g/mol. The number of nitrogens with zero attached hydrogens (tertiary/aromatic N) is 1. The number of halogens is 1. The molecule has 19 heavy (non-hydrogen) atoms. The zero-order valence-electron chi connectivity index (χ0n) is 10.1. The number of ether oxygens (including phenoxy) is 1. The number of hydrogen-bond acceptors (Lipinski definition) is 3. The molecule has 0 spiro atoms. The lowest BCUT2D eigenvalue weighted by Crippen LogP contribution is -1.99. The number of benzene rings is 1. The maximum absolute atomic E-state index is 13.6. The topological polar surface area (TPSA) is 42.4 Å². The summed E-state index contributed by atoms with van der Waals surface area (Å²) in [6.07, 6.45) is 1.65. The number of pyridine rings is 1. The van der Waals surface area contributed by atoms with E-state index in [2.05, 4.69) is 16.8 Å². The molecule has 0 aliphatic rings. The van der Waals surface area contributed by atoms with E-state index in [9.17, 15) is 4.39 Å². The van der Waals surface area contributed by atoms with Gasteiger partial charge in [-0.25, -0.2) is 4.39 Å². The van der Waals surface area contributed by atoms with E-state index in [-0.39, 0.29) is 19.0 Å². The number of aromatic nitrogens is 1. The predicted octanol–water partition coefficient (Wildman–Crippen LogP) is 2.14. The second kappa shape index (κ2) is 6.53. The van der Waals surface area contributed by atoms with Crippen molar-refractivity contribution >= 4 is 0 Å². The van der Waals surface area contributed by atoms with Crippen molar-refractivity contribution in [3.8, 4) is 17.6 Å². The minimum Gasteiger partial charge on any atom is -0.484 e. The van der Waals surface area contributed by atoms with E-state index in [0.29, 0.717) is 11.3 Å². The summed E-state index contributed by atoms with van der Waals surface area (Å²) in [6.45, 7) is -0.0455. The van der Waals surface area contributed by atoms with E-state index >= 15 is 0 Å². The van der Waals surface area contributed by atoms with Gasteiger partial charge in [0.1, 0.15) is 13.2 Å². The second-order valence-corrected chi connectivity index (χ2v) is 3.71. The molecule has 0 saturated heterocycles. The Hall–Kier alpha value is -2.38. The first-order chi connectivity index (χ1) is 9.29. The van der Waals surface area contributed by atoms with Crippen molar-refractivity contribution in [1.82, 2.24) is 4.98 Å². The molecule has 0 saturated carbocycles. The Bertz CT molecular complexity index is 603. The van der Waals surface area contributed by atoms with Crippen LogP contribution in [0.3, 0.4) is 0 Å². The van der Waals surface area contributed by atoms with Crippen molar-refractivity contribution in [2.75, 3.05) is 6.61 Å². The van der Waals surface area contributed by atoms with E-state index < -0.39 is 5.82 Å². The molecule has 2 rings (SSSR count). The summed E-state index contributed by atoms with van der Waals surface area (Å²) in [5, 5.41) is 8.62. The van der Waals surface area contributed by atoms with Gasteiger partial charge < -0.3 is 9.84 Å². The predicted molar refractivity (Wildman–Crippen MR) is 68.9 cm³/mol. The molecule has 0 atom stereocenters. The first-order valence-corrected chi connectivity index (χ1v) is 5.71. The Kier molecular flexibility index (Phi) is 4.49. The average Bonchev–Trinajstić information content (AvgIpc) is 2.46. The van der Waals surface area contributed by atoms with Gasteiger partial charge in [0.2, 0.25) is 0 Å². The van der Waals surface area contributed by atoms with Crippen LogP contribution in [0.1, 0.15) is 11.3 Å². The van der Waals surface area contributed by atoms with Crippen LogP contribution in [0.15, 0.2) is 42.6 Å². The molecule has 1 aromatic carbocycles. The van der Waals surface area contributed by atoms with Crippen molar-refractivity contribution in [2.24, 2.45) is 0 Å². The summed E-state index contributed by atoms with van der Waals surface area (Å²) < 4.78 is 18.9. The van der Waals surface area contributed by atoms with Gasteiger partial charge in [0.15, 0.2) is 11.6 Å². The summed E-state index contributed by atoms with van der Waals surface area (Å²) >= 11 is 0. The van der Waals surface area contributed by atoms with Gasteiger partial charge in [0.25, 0.3) is 0 Å². The summed E-state index contributed by atoms with van der Waals surface area (Å²) in [6, 6.07) is 9.76. The van der Waals surface area contributed by atoms with Gasteiger partial charge in [-0.2, -0.15) is 0 Å². The summed E-state index contributed by atoms with van der Waals surface area (Å²) in [5.41, 5.74) is 1.31. The van der Waals surface area contributed by atoms with Crippen LogP contribution in [0.4, 0.5) is 4.39 Å². The Morgan fingerprint density at radius 3 is 2.89 bits per heavy atom. The van der Waals surface area contributed by atoms with Gasteiger partial charge in [-0.3, -0.25) is 4.98 Å². The molecule has 0 aliphatic heterocycles. The highest BCUT2D eigenvalue weighted by molar-refractivity contribution is 5.40. The molecular formula is C15H12FNO2. The van der Waals surface area contributed by atoms with Crippen LogP contribution in [-0.4, -0.2) is 16.7 Å².